The SMILES string of the molecule is O=S(=O)(c1ccc(Nc2ccc(-c3nnc4n3CCCCC4)cc2)nc1)N1CCOCC1. The van der Waals surface area contributed by atoms with Crippen LogP contribution in [0, 0.1) is 0 Å². The van der Waals surface area contributed by atoms with Crippen molar-refractivity contribution < 1.29 is 13.2 Å². The van der Waals surface area contributed by atoms with E-state index < -0.39 is 10.0 Å². The van der Waals surface area contributed by atoms with Crippen molar-refractivity contribution in [3.8, 4) is 11.4 Å². The van der Waals surface area contributed by atoms with Gasteiger partial charge in [0, 0.05) is 43.5 Å². The molecular weight excluding hydrogens is 428 g/mol. The molecule has 0 radical (unpaired) electrons. The maximum atomic E-state index is 12.7. The first-order chi connectivity index (χ1) is 15.6. The van der Waals surface area contributed by atoms with E-state index in [9.17, 15) is 8.42 Å². The summed E-state index contributed by atoms with van der Waals surface area (Å²) in [5.74, 6) is 2.55. The van der Waals surface area contributed by atoms with Gasteiger partial charge in [-0.25, -0.2) is 13.4 Å². The van der Waals surface area contributed by atoms with Crippen molar-refractivity contribution in [3.63, 3.8) is 0 Å². The number of nitrogens with zero attached hydrogens (tertiary/aromatic N) is 5. The van der Waals surface area contributed by atoms with Crippen LogP contribution in [-0.2, 0) is 27.7 Å². The van der Waals surface area contributed by atoms with Crippen LogP contribution in [0.4, 0.5) is 11.5 Å². The number of aromatic nitrogens is 4. The number of hydrogen-bond donors (Lipinski definition) is 1. The molecule has 1 saturated heterocycles. The molecule has 1 fully saturated rings. The number of anilines is 2. The monoisotopic (exact) mass is 454 g/mol. The average molecular weight is 455 g/mol. The third kappa shape index (κ3) is 4.25. The number of nitrogens with one attached hydrogen (secondary N) is 1. The molecule has 3 aromatic rings. The summed E-state index contributed by atoms with van der Waals surface area (Å²) < 4.78 is 34.4. The maximum Gasteiger partial charge on any atom is 0.244 e. The van der Waals surface area contributed by atoms with Crippen molar-refractivity contribution >= 4 is 21.5 Å². The highest BCUT2D eigenvalue weighted by Gasteiger charge is 2.26. The van der Waals surface area contributed by atoms with Gasteiger partial charge in [-0.2, -0.15) is 4.31 Å². The molecule has 1 aromatic carbocycles. The lowest BCUT2D eigenvalue weighted by Gasteiger charge is -2.25. The molecule has 2 aromatic heterocycles. The predicted molar refractivity (Wildman–Crippen MR) is 120 cm³/mol. The minimum Gasteiger partial charge on any atom is -0.379 e. The van der Waals surface area contributed by atoms with Gasteiger partial charge in [-0.05, 0) is 49.2 Å². The van der Waals surface area contributed by atoms with Gasteiger partial charge in [-0.15, -0.1) is 10.2 Å². The van der Waals surface area contributed by atoms with Crippen LogP contribution < -0.4 is 5.32 Å². The molecule has 0 unspecified atom stereocenters. The Labute approximate surface area is 187 Å². The number of morpholine rings is 1. The number of pyridine rings is 1. The van der Waals surface area contributed by atoms with Crippen molar-refractivity contribution in [1.82, 2.24) is 24.1 Å². The van der Waals surface area contributed by atoms with Gasteiger partial charge < -0.3 is 14.6 Å². The van der Waals surface area contributed by atoms with Gasteiger partial charge in [-0.1, -0.05) is 6.42 Å². The summed E-state index contributed by atoms with van der Waals surface area (Å²) in [6.45, 7) is 2.52. The number of hydrogen-bond acceptors (Lipinski definition) is 7. The average Bonchev–Trinajstić information content (AvgIpc) is 3.08. The van der Waals surface area contributed by atoms with Crippen LogP contribution in [-0.4, -0.2) is 58.8 Å². The quantitative estimate of drug-likeness (QED) is 0.632. The second-order valence-electron chi connectivity index (χ2n) is 8.00. The van der Waals surface area contributed by atoms with Crippen molar-refractivity contribution in [1.29, 1.82) is 0 Å². The molecule has 0 aliphatic carbocycles. The molecule has 9 nitrogen and oxygen atoms in total. The molecule has 168 valence electrons. The molecule has 0 spiro atoms. The summed E-state index contributed by atoms with van der Waals surface area (Å²) in [5.41, 5.74) is 1.89. The van der Waals surface area contributed by atoms with Gasteiger partial charge in [0.25, 0.3) is 0 Å². The van der Waals surface area contributed by atoms with E-state index in [1.807, 2.05) is 24.3 Å². The fourth-order valence-corrected chi connectivity index (χ4v) is 5.45. The first-order valence-corrected chi connectivity index (χ1v) is 12.4. The van der Waals surface area contributed by atoms with E-state index in [0.29, 0.717) is 32.1 Å². The zero-order valence-corrected chi connectivity index (χ0v) is 18.6. The third-order valence-corrected chi connectivity index (χ3v) is 7.75. The van der Waals surface area contributed by atoms with Gasteiger partial charge >= 0.3 is 0 Å². The Kier molecular flexibility index (Phi) is 5.90. The highest BCUT2D eigenvalue weighted by atomic mass is 32.2. The summed E-state index contributed by atoms with van der Waals surface area (Å²) in [6.07, 6.45) is 5.93. The second-order valence-corrected chi connectivity index (χ2v) is 9.94. The van der Waals surface area contributed by atoms with Crippen LogP contribution in [0.15, 0.2) is 47.5 Å². The molecule has 2 aliphatic heterocycles. The lowest BCUT2D eigenvalue weighted by atomic mass is 10.2. The number of fused-ring (bicyclic) bond motifs is 1. The van der Waals surface area contributed by atoms with E-state index in [1.54, 1.807) is 12.1 Å². The van der Waals surface area contributed by atoms with E-state index in [0.717, 1.165) is 42.3 Å². The van der Waals surface area contributed by atoms with Gasteiger partial charge in [0.2, 0.25) is 10.0 Å². The van der Waals surface area contributed by atoms with E-state index in [2.05, 4.69) is 25.1 Å². The normalized spacial score (nSPS) is 17.5. The van der Waals surface area contributed by atoms with Crippen LogP contribution in [0.25, 0.3) is 11.4 Å². The summed E-state index contributed by atoms with van der Waals surface area (Å²) >= 11 is 0. The number of aryl methyl sites for hydroxylation is 1. The van der Waals surface area contributed by atoms with Crippen LogP contribution >= 0.6 is 0 Å². The molecule has 0 amide bonds. The van der Waals surface area contributed by atoms with E-state index in [4.69, 9.17) is 4.74 Å². The molecular formula is C22H26N6O3S. The fourth-order valence-electron chi connectivity index (χ4n) is 4.09. The largest absolute Gasteiger partial charge is 0.379 e. The van der Waals surface area contributed by atoms with Crippen molar-refractivity contribution in [2.24, 2.45) is 0 Å². The molecule has 0 saturated carbocycles. The minimum atomic E-state index is -3.54. The number of rotatable bonds is 5. The number of benzene rings is 1. The molecule has 32 heavy (non-hydrogen) atoms. The van der Waals surface area contributed by atoms with Crippen molar-refractivity contribution in [3.05, 3.63) is 48.4 Å². The van der Waals surface area contributed by atoms with Gasteiger partial charge in [0.15, 0.2) is 5.82 Å². The first kappa shape index (κ1) is 21.0. The van der Waals surface area contributed by atoms with E-state index in [-0.39, 0.29) is 4.90 Å². The molecule has 0 bridgehead atoms. The van der Waals surface area contributed by atoms with Crippen LogP contribution in [0.3, 0.4) is 0 Å². The molecule has 10 heteroatoms. The predicted octanol–water partition coefficient (Wildman–Crippen LogP) is 2.83. The Morgan fingerprint density at radius 2 is 1.72 bits per heavy atom. The number of ether oxygens (including phenoxy) is 1. The second kappa shape index (κ2) is 8.97. The maximum absolute atomic E-state index is 12.7. The molecule has 1 N–H and O–H groups in total. The Morgan fingerprint density at radius 3 is 2.47 bits per heavy atom. The Hall–Kier alpha value is -2.82. The van der Waals surface area contributed by atoms with Gasteiger partial charge in [0.05, 0.1) is 13.2 Å². The summed E-state index contributed by atoms with van der Waals surface area (Å²) in [5, 5.41) is 12.0. The topological polar surface area (TPSA) is 102 Å². The fraction of sp³-hybridized carbons (Fsp3) is 0.409. The minimum absolute atomic E-state index is 0.188. The van der Waals surface area contributed by atoms with Crippen molar-refractivity contribution in [2.75, 3.05) is 31.6 Å². The van der Waals surface area contributed by atoms with Crippen molar-refractivity contribution in [2.45, 2.75) is 37.1 Å². The zero-order chi connectivity index (χ0) is 22.0. The van der Waals surface area contributed by atoms with Crippen LogP contribution in [0.1, 0.15) is 25.1 Å². The Morgan fingerprint density at radius 1 is 0.906 bits per heavy atom. The first-order valence-electron chi connectivity index (χ1n) is 10.9. The molecule has 4 heterocycles. The third-order valence-electron chi connectivity index (χ3n) is 5.87. The summed E-state index contributed by atoms with van der Waals surface area (Å²) in [4.78, 5) is 4.49. The van der Waals surface area contributed by atoms with Crippen LogP contribution in [0.2, 0.25) is 0 Å². The zero-order valence-electron chi connectivity index (χ0n) is 17.8. The summed E-state index contributed by atoms with van der Waals surface area (Å²) in [6, 6.07) is 11.2. The smallest absolute Gasteiger partial charge is 0.244 e. The molecule has 0 atom stereocenters. The van der Waals surface area contributed by atoms with E-state index >= 15 is 0 Å². The highest BCUT2D eigenvalue weighted by molar-refractivity contribution is 7.89. The summed E-state index contributed by atoms with van der Waals surface area (Å²) in [7, 11) is -3.54. The molecule has 5 rings (SSSR count). The lowest BCUT2D eigenvalue weighted by Crippen LogP contribution is -2.40. The van der Waals surface area contributed by atoms with Gasteiger partial charge in [0.1, 0.15) is 16.5 Å². The van der Waals surface area contributed by atoms with Gasteiger partial charge in [-0.3, -0.25) is 0 Å². The van der Waals surface area contributed by atoms with Crippen LogP contribution in [0.5, 0.6) is 0 Å². The Bertz CT molecular complexity index is 1170. The lowest BCUT2D eigenvalue weighted by molar-refractivity contribution is 0.0730. The number of sulfonamides is 1. The Balaban J connectivity index is 1.28. The standard InChI is InChI=1S/C22H26N6O3S/c29-32(30,27-12-14-31-15-13-27)19-9-10-20(23-16-19)24-18-7-5-17(6-8-18)22-26-25-21-4-2-1-3-11-28(21)22/h5-10,16H,1-4,11-15H2,(H,23,24). The molecule has 2 aliphatic rings. The van der Waals surface area contributed by atoms with E-state index in [1.165, 1.54) is 23.3 Å². The highest BCUT2D eigenvalue weighted by Crippen LogP contribution is 2.25.